The van der Waals surface area contributed by atoms with Crippen LogP contribution in [0.1, 0.15) is 24.2 Å². The van der Waals surface area contributed by atoms with Crippen molar-refractivity contribution in [3.8, 4) is 0 Å². The minimum absolute atomic E-state index is 0.0404. The van der Waals surface area contributed by atoms with Crippen molar-refractivity contribution in [1.29, 1.82) is 0 Å². The molecule has 3 nitrogen and oxygen atoms in total. The van der Waals surface area contributed by atoms with Crippen LogP contribution in [0.5, 0.6) is 0 Å². The van der Waals surface area contributed by atoms with E-state index in [1.807, 2.05) is 24.4 Å². The van der Waals surface area contributed by atoms with Gasteiger partial charge < -0.3 is 5.32 Å². The highest BCUT2D eigenvalue weighted by molar-refractivity contribution is 6.30. The van der Waals surface area contributed by atoms with Gasteiger partial charge in [-0.1, -0.05) is 36.7 Å². The van der Waals surface area contributed by atoms with Crippen molar-refractivity contribution in [2.75, 3.05) is 6.54 Å². The lowest BCUT2D eigenvalue weighted by Gasteiger charge is -2.18. The highest BCUT2D eigenvalue weighted by atomic mass is 35.5. The maximum atomic E-state index is 5.92. The van der Waals surface area contributed by atoms with Crippen molar-refractivity contribution < 1.29 is 0 Å². The number of nitrogens with zero attached hydrogens (tertiary/aromatic N) is 2. The summed E-state index contributed by atoms with van der Waals surface area (Å²) in [7, 11) is 0. The topological polar surface area (TPSA) is 37.8 Å². The van der Waals surface area contributed by atoms with Crippen molar-refractivity contribution in [3.63, 3.8) is 0 Å². The van der Waals surface area contributed by atoms with Crippen molar-refractivity contribution >= 4 is 22.5 Å². The van der Waals surface area contributed by atoms with E-state index >= 15 is 0 Å². The average molecular weight is 298 g/mol. The second-order valence-corrected chi connectivity index (χ2v) is 5.28. The molecular formula is C17H16ClN3. The minimum Gasteiger partial charge on any atom is -0.305 e. The molecule has 0 aliphatic carbocycles. The normalized spacial score (nSPS) is 12.5. The Morgan fingerprint density at radius 3 is 2.81 bits per heavy atom. The number of aromatic nitrogens is 2. The van der Waals surface area contributed by atoms with Crippen LogP contribution < -0.4 is 5.32 Å². The van der Waals surface area contributed by atoms with Crippen LogP contribution >= 0.6 is 11.6 Å². The van der Waals surface area contributed by atoms with Gasteiger partial charge in [0.05, 0.1) is 22.3 Å². The van der Waals surface area contributed by atoms with Gasteiger partial charge in [0, 0.05) is 17.8 Å². The van der Waals surface area contributed by atoms with Gasteiger partial charge in [0.15, 0.2) is 0 Å². The third kappa shape index (κ3) is 3.04. The van der Waals surface area contributed by atoms with E-state index in [1.165, 1.54) is 0 Å². The second kappa shape index (κ2) is 6.20. The first-order valence-electron chi connectivity index (χ1n) is 6.97. The molecule has 2 heterocycles. The van der Waals surface area contributed by atoms with Crippen LogP contribution in [0.3, 0.4) is 0 Å². The Hall–Kier alpha value is -1.97. The number of nitrogens with one attached hydrogen (secondary N) is 1. The van der Waals surface area contributed by atoms with Gasteiger partial charge in [-0.3, -0.25) is 9.97 Å². The number of benzene rings is 1. The van der Waals surface area contributed by atoms with Crippen LogP contribution in [0.15, 0.2) is 54.9 Å². The first-order chi connectivity index (χ1) is 10.3. The van der Waals surface area contributed by atoms with E-state index in [-0.39, 0.29) is 6.04 Å². The van der Waals surface area contributed by atoms with Gasteiger partial charge in [-0.05, 0) is 36.4 Å². The molecule has 1 atom stereocenters. The summed E-state index contributed by atoms with van der Waals surface area (Å²) in [6.45, 7) is 2.94. The zero-order valence-electron chi connectivity index (χ0n) is 11.8. The Balaban J connectivity index is 2.04. The van der Waals surface area contributed by atoms with E-state index in [2.05, 4.69) is 46.5 Å². The smallest absolute Gasteiger partial charge is 0.0752 e. The summed E-state index contributed by atoms with van der Waals surface area (Å²) in [6, 6.07) is 14.2. The van der Waals surface area contributed by atoms with Gasteiger partial charge >= 0.3 is 0 Å². The maximum Gasteiger partial charge on any atom is 0.0752 e. The van der Waals surface area contributed by atoms with Crippen molar-refractivity contribution in [1.82, 2.24) is 15.3 Å². The predicted octanol–water partition coefficient (Wildman–Crippen LogP) is 3.98. The molecule has 0 aliphatic heterocycles. The molecule has 0 spiro atoms. The number of hydrogen-bond donors (Lipinski definition) is 1. The fourth-order valence-electron chi connectivity index (χ4n) is 2.42. The largest absolute Gasteiger partial charge is 0.305 e. The van der Waals surface area contributed by atoms with Crippen LogP contribution in [-0.4, -0.2) is 16.5 Å². The highest BCUT2D eigenvalue weighted by Crippen LogP contribution is 2.24. The van der Waals surface area contributed by atoms with Crippen molar-refractivity contribution in [2.45, 2.75) is 13.0 Å². The Bertz CT molecular complexity index is 740. The van der Waals surface area contributed by atoms with Crippen molar-refractivity contribution in [3.05, 3.63) is 71.1 Å². The average Bonchev–Trinajstić information content (AvgIpc) is 2.53. The monoisotopic (exact) mass is 297 g/mol. The van der Waals surface area contributed by atoms with Gasteiger partial charge in [-0.15, -0.1) is 0 Å². The van der Waals surface area contributed by atoms with Gasteiger partial charge in [-0.25, -0.2) is 0 Å². The van der Waals surface area contributed by atoms with Gasteiger partial charge in [0.1, 0.15) is 0 Å². The lowest BCUT2D eigenvalue weighted by molar-refractivity contribution is 0.616. The maximum absolute atomic E-state index is 5.92. The third-order valence-electron chi connectivity index (χ3n) is 3.42. The van der Waals surface area contributed by atoms with E-state index in [0.717, 1.165) is 28.7 Å². The minimum atomic E-state index is 0.0404. The molecule has 0 radical (unpaired) electrons. The fraction of sp³-hybridized carbons (Fsp3) is 0.176. The van der Waals surface area contributed by atoms with Crippen LogP contribution in [0.4, 0.5) is 0 Å². The lowest BCUT2D eigenvalue weighted by Crippen LogP contribution is -2.22. The molecule has 21 heavy (non-hydrogen) atoms. The first-order valence-corrected chi connectivity index (χ1v) is 7.35. The zero-order chi connectivity index (χ0) is 14.7. The highest BCUT2D eigenvalue weighted by Gasteiger charge is 2.14. The molecule has 106 valence electrons. The number of fused-ring (bicyclic) bond motifs is 1. The molecule has 1 N–H and O–H groups in total. The lowest BCUT2D eigenvalue weighted by atomic mass is 10.0. The molecule has 0 fully saturated rings. The fourth-order valence-corrected chi connectivity index (χ4v) is 2.53. The Kier molecular flexibility index (Phi) is 4.13. The van der Waals surface area contributed by atoms with Crippen molar-refractivity contribution in [2.24, 2.45) is 0 Å². The van der Waals surface area contributed by atoms with Gasteiger partial charge in [-0.2, -0.15) is 0 Å². The quantitative estimate of drug-likeness (QED) is 0.791. The Labute approximate surface area is 129 Å². The molecule has 3 aromatic rings. The number of hydrogen-bond acceptors (Lipinski definition) is 3. The molecule has 3 rings (SSSR count). The van der Waals surface area contributed by atoms with Gasteiger partial charge in [0.25, 0.3) is 0 Å². The van der Waals surface area contributed by atoms with Crippen LogP contribution in [0.2, 0.25) is 5.02 Å². The molecule has 0 saturated carbocycles. The number of rotatable bonds is 4. The summed E-state index contributed by atoms with van der Waals surface area (Å²) < 4.78 is 0. The Morgan fingerprint density at radius 1 is 1.14 bits per heavy atom. The predicted molar refractivity (Wildman–Crippen MR) is 86.5 cm³/mol. The first kappa shape index (κ1) is 14.0. The molecule has 0 aliphatic rings. The second-order valence-electron chi connectivity index (χ2n) is 4.85. The molecule has 2 aromatic heterocycles. The molecule has 4 heteroatoms. The third-order valence-corrected chi connectivity index (χ3v) is 3.64. The molecule has 0 saturated heterocycles. The molecule has 1 unspecified atom stereocenters. The summed E-state index contributed by atoms with van der Waals surface area (Å²) in [5, 5.41) is 5.25. The standard InChI is InChI=1S/C17H16ClN3/c1-2-19-17(15-8-7-14(18)11-21-15)13-6-5-12-4-3-9-20-16(12)10-13/h3-11,17,19H,2H2,1H3. The van der Waals surface area contributed by atoms with Gasteiger partial charge in [0.2, 0.25) is 0 Å². The molecule has 0 bridgehead atoms. The zero-order valence-corrected chi connectivity index (χ0v) is 12.5. The summed E-state index contributed by atoms with van der Waals surface area (Å²) in [5.41, 5.74) is 3.10. The Morgan fingerprint density at radius 2 is 2.05 bits per heavy atom. The summed E-state index contributed by atoms with van der Waals surface area (Å²) in [6.07, 6.45) is 3.50. The molecule has 0 amide bonds. The summed E-state index contributed by atoms with van der Waals surface area (Å²) >= 11 is 5.92. The molecule has 1 aromatic carbocycles. The summed E-state index contributed by atoms with van der Waals surface area (Å²) in [4.78, 5) is 8.86. The van der Waals surface area contributed by atoms with E-state index < -0.39 is 0 Å². The van der Waals surface area contributed by atoms with E-state index in [1.54, 1.807) is 6.20 Å². The summed E-state index contributed by atoms with van der Waals surface area (Å²) in [5.74, 6) is 0. The van der Waals surface area contributed by atoms with Crippen LogP contribution in [0, 0.1) is 0 Å². The van der Waals surface area contributed by atoms with E-state index in [0.29, 0.717) is 5.02 Å². The van der Waals surface area contributed by atoms with E-state index in [4.69, 9.17) is 11.6 Å². The number of halogens is 1. The SMILES string of the molecule is CCNC(c1ccc2cccnc2c1)c1ccc(Cl)cn1. The van der Waals surface area contributed by atoms with Crippen LogP contribution in [0.25, 0.3) is 10.9 Å². The molecular weight excluding hydrogens is 282 g/mol. The number of pyridine rings is 2. The van der Waals surface area contributed by atoms with Crippen LogP contribution in [-0.2, 0) is 0 Å². The van der Waals surface area contributed by atoms with E-state index in [9.17, 15) is 0 Å².